The fourth-order valence-electron chi connectivity index (χ4n) is 2.81. The van der Waals surface area contributed by atoms with Crippen molar-refractivity contribution in [1.82, 2.24) is 0 Å². The molecule has 0 atom stereocenters. The van der Waals surface area contributed by atoms with E-state index >= 15 is 0 Å². The second kappa shape index (κ2) is 10.9. The first kappa shape index (κ1) is 20.5. The molecule has 29 heavy (non-hydrogen) atoms. The highest BCUT2D eigenvalue weighted by Gasteiger charge is 2.09. The topological polar surface area (TPSA) is 34.1 Å². The lowest BCUT2D eigenvalue weighted by molar-refractivity contribution is 0.301. The first-order chi connectivity index (χ1) is 14.3. The molecule has 0 unspecified atom stereocenters. The summed E-state index contributed by atoms with van der Waals surface area (Å²) < 4.78 is 11.7. The predicted molar refractivity (Wildman–Crippen MR) is 121 cm³/mol. The molecule has 0 bridgehead atoms. The summed E-state index contributed by atoms with van der Waals surface area (Å²) in [4.78, 5) is 0. The zero-order valence-electron chi connectivity index (χ0n) is 17.1. The molecule has 4 heteroatoms. The van der Waals surface area contributed by atoms with Crippen molar-refractivity contribution < 1.29 is 9.47 Å². The van der Waals surface area contributed by atoms with Crippen LogP contribution < -0.4 is 14.5 Å². The van der Waals surface area contributed by atoms with Crippen molar-refractivity contribution in [1.29, 1.82) is 0 Å². The third-order valence-corrected chi connectivity index (χ3v) is 4.23. The van der Waals surface area contributed by atoms with Gasteiger partial charge in [0.15, 0.2) is 0 Å². The van der Waals surface area contributed by atoms with Gasteiger partial charge < -0.3 is 9.47 Å². The third-order valence-electron chi connectivity index (χ3n) is 4.23. The molecular weight excluding hydrogens is 360 g/mol. The molecule has 0 heterocycles. The van der Waals surface area contributed by atoms with E-state index in [0.29, 0.717) is 13.2 Å². The van der Waals surface area contributed by atoms with Gasteiger partial charge in [0, 0.05) is 11.6 Å². The van der Waals surface area contributed by atoms with Gasteiger partial charge in [0.2, 0.25) is 0 Å². The number of hydrogen-bond donors (Lipinski definition) is 0. The fraction of sp³-hybridized carbons (Fsp3) is 0.240. The molecule has 0 N–H and O–H groups in total. The van der Waals surface area contributed by atoms with Crippen LogP contribution in [0.4, 0.5) is 11.4 Å². The van der Waals surface area contributed by atoms with Crippen LogP contribution in [-0.2, 0) is 0 Å². The minimum absolute atomic E-state index is 0.652. The molecule has 0 saturated heterocycles. The number of anilines is 2. The Morgan fingerprint density at radius 2 is 1.34 bits per heavy atom. The van der Waals surface area contributed by atoms with Gasteiger partial charge in [-0.2, -0.15) is 5.10 Å². The highest BCUT2D eigenvalue weighted by Crippen LogP contribution is 2.27. The van der Waals surface area contributed by atoms with E-state index < -0.39 is 0 Å². The molecule has 0 aromatic heterocycles. The predicted octanol–water partition coefficient (Wildman–Crippen LogP) is 6.44. The van der Waals surface area contributed by atoms with Crippen molar-refractivity contribution in [2.75, 3.05) is 18.2 Å². The summed E-state index contributed by atoms with van der Waals surface area (Å²) in [6.07, 6.45) is 3.75. The maximum Gasteiger partial charge on any atom is 0.131 e. The molecular formula is C25H28N2O2. The lowest BCUT2D eigenvalue weighted by Gasteiger charge is -2.19. The number of para-hydroxylation sites is 2. The standard InChI is InChI=1S/C25H28N2O2/c1-3-17-28-24-16-15-21(25(19-24)29-18-4-2)20-26-27(22-11-7-5-8-12-22)23-13-9-6-10-14-23/h5-16,19-20H,3-4,17-18H2,1-2H3/b26-20+. The van der Waals surface area contributed by atoms with E-state index in [1.165, 1.54) is 0 Å². The first-order valence-electron chi connectivity index (χ1n) is 10.2. The van der Waals surface area contributed by atoms with Gasteiger partial charge in [0.1, 0.15) is 11.5 Å². The normalized spacial score (nSPS) is 10.8. The zero-order valence-corrected chi connectivity index (χ0v) is 17.1. The molecule has 0 fully saturated rings. The Morgan fingerprint density at radius 3 is 1.93 bits per heavy atom. The van der Waals surface area contributed by atoms with Gasteiger partial charge in [-0.15, -0.1) is 0 Å². The van der Waals surface area contributed by atoms with Gasteiger partial charge in [-0.1, -0.05) is 50.2 Å². The van der Waals surface area contributed by atoms with Gasteiger partial charge >= 0.3 is 0 Å². The summed E-state index contributed by atoms with van der Waals surface area (Å²) in [6.45, 7) is 5.53. The van der Waals surface area contributed by atoms with Crippen molar-refractivity contribution >= 4 is 17.6 Å². The maximum absolute atomic E-state index is 5.96. The molecule has 150 valence electrons. The Morgan fingerprint density at radius 1 is 0.759 bits per heavy atom. The van der Waals surface area contributed by atoms with Crippen molar-refractivity contribution in [3.8, 4) is 11.5 Å². The number of rotatable bonds is 10. The molecule has 0 aliphatic carbocycles. The lowest BCUT2D eigenvalue weighted by Crippen LogP contribution is -2.09. The molecule has 0 spiro atoms. The Bertz CT molecular complexity index is 856. The van der Waals surface area contributed by atoms with Crippen molar-refractivity contribution in [3.63, 3.8) is 0 Å². The van der Waals surface area contributed by atoms with E-state index in [1.807, 2.05) is 90.1 Å². The molecule has 0 radical (unpaired) electrons. The average Bonchev–Trinajstić information content (AvgIpc) is 2.78. The highest BCUT2D eigenvalue weighted by molar-refractivity contribution is 5.85. The molecule has 0 aliphatic rings. The zero-order chi connectivity index (χ0) is 20.3. The van der Waals surface area contributed by atoms with E-state index in [-0.39, 0.29) is 0 Å². The molecule has 3 aromatic rings. The SMILES string of the molecule is CCCOc1ccc(/C=N/N(c2ccccc2)c2ccccc2)c(OCCC)c1. The Kier molecular flexibility index (Phi) is 7.70. The molecule has 4 nitrogen and oxygen atoms in total. The maximum atomic E-state index is 5.96. The van der Waals surface area contributed by atoms with Gasteiger partial charge in [0.05, 0.1) is 30.8 Å². The Hall–Kier alpha value is -3.27. The molecule has 3 aromatic carbocycles. The molecule has 3 rings (SSSR count). The first-order valence-corrected chi connectivity index (χ1v) is 10.2. The van der Waals surface area contributed by atoms with Crippen molar-refractivity contribution in [2.24, 2.45) is 5.10 Å². The van der Waals surface area contributed by atoms with Gasteiger partial charge in [0.25, 0.3) is 0 Å². The number of hydrogen-bond acceptors (Lipinski definition) is 4. The molecule has 0 aliphatic heterocycles. The molecule has 0 amide bonds. The van der Waals surface area contributed by atoms with Crippen LogP contribution in [0.15, 0.2) is 84.0 Å². The van der Waals surface area contributed by atoms with Crippen LogP contribution in [0.3, 0.4) is 0 Å². The minimum Gasteiger partial charge on any atom is -0.493 e. The van der Waals surface area contributed by atoms with Crippen molar-refractivity contribution in [2.45, 2.75) is 26.7 Å². The summed E-state index contributed by atoms with van der Waals surface area (Å²) in [5.74, 6) is 1.60. The van der Waals surface area contributed by atoms with Gasteiger partial charge in [-0.25, -0.2) is 5.01 Å². The summed E-state index contributed by atoms with van der Waals surface area (Å²) in [5.41, 5.74) is 2.90. The second-order valence-electron chi connectivity index (χ2n) is 6.62. The van der Waals surface area contributed by atoms with E-state index in [2.05, 4.69) is 13.8 Å². The minimum atomic E-state index is 0.652. The Balaban J connectivity index is 1.92. The number of nitrogens with zero attached hydrogens (tertiary/aromatic N) is 2. The largest absolute Gasteiger partial charge is 0.493 e. The van der Waals surface area contributed by atoms with Gasteiger partial charge in [-0.3, -0.25) is 0 Å². The number of hydrazone groups is 1. The second-order valence-corrected chi connectivity index (χ2v) is 6.62. The summed E-state index contributed by atoms with van der Waals surface area (Å²) >= 11 is 0. The van der Waals surface area contributed by atoms with E-state index in [1.54, 1.807) is 0 Å². The van der Waals surface area contributed by atoms with Crippen LogP contribution in [0.1, 0.15) is 32.3 Å². The van der Waals surface area contributed by atoms with Crippen LogP contribution in [0.25, 0.3) is 0 Å². The van der Waals surface area contributed by atoms with Crippen LogP contribution in [0.2, 0.25) is 0 Å². The fourth-order valence-corrected chi connectivity index (χ4v) is 2.81. The van der Waals surface area contributed by atoms with Crippen LogP contribution in [0.5, 0.6) is 11.5 Å². The summed E-state index contributed by atoms with van der Waals surface area (Å²) in [6, 6.07) is 26.1. The van der Waals surface area contributed by atoms with E-state index in [4.69, 9.17) is 14.6 Å². The summed E-state index contributed by atoms with van der Waals surface area (Å²) in [5, 5.41) is 6.70. The number of benzene rings is 3. The smallest absolute Gasteiger partial charge is 0.131 e. The monoisotopic (exact) mass is 388 g/mol. The third kappa shape index (κ3) is 5.85. The van der Waals surface area contributed by atoms with Crippen molar-refractivity contribution in [3.05, 3.63) is 84.4 Å². The van der Waals surface area contributed by atoms with Gasteiger partial charge in [-0.05, 0) is 49.2 Å². The van der Waals surface area contributed by atoms with Crippen LogP contribution in [0, 0.1) is 0 Å². The van der Waals surface area contributed by atoms with E-state index in [9.17, 15) is 0 Å². The highest BCUT2D eigenvalue weighted by atomic mass is 16.5. The molecule has 0 saturated carbocycles. The van der Waals surface area contributed by atoms with E-state index in [0.717, 1.165) is 41.3 Å². The Labute approximate surface area is 173 Å². The lowest BCUT2D eigenvalue weighted by atomic mass is 10.2. The number of ether oxygens (including phenoxy) is 2. The van der Waals surface area contributed by atoms with Crippen LogP contribution >= 0.6 is 0 Å². The average molecular weight is 389 g/mol. The quantitative estimate of drug-likeness (QED) is 0.296. The summed E-state index contributed by atoms with van der Waals surface area (Å²) in [7, 11) is 0. The van der Waals surface area contributed by atoms with Crippen LogP contribution in [-0.4, -0.2) is 19.4 Å².